The molecule has 0 bridgehead atoms. The first-order valence-corrected chi connectivity index (χ1v) is 12.3. The van der Waals surface area contributed by atoms with E-state index in [1.807, 2.05) is 6.92 Å². The fraction of sp³-hybridized carbons (Fsp3) is 0.917. The van der Waals surface area contributed by atoms with Crippen LogP contribution in [0.15, 0.2) is 11.1 Å². The number of aliphatic hydroxyl groups excluding tert-OH is 6. The number of allylic oxidation sites excluding steroid dienone is 1. The molecule has 0 radical (unpaired) electrons. The molecule has 7 N–H and O–H groups in total. The molecule has 10 atom stereocenters. The zero-order valence-electron chi connectivity index (χ0n) is 20.9. The third-order valence-corrected chi connectivity index (χ3v) is 7.42. The lowest BCUT2D eigenvalue weighted by molar-refractivity contribution is -0.320. The zero-order chi connectivity index (χ0) is 26.1. The molecule has 1 aliphatic carbocycles. The highest BCUT2D eigenvalue weighted by Crippen LogP contribution is 2.44. The Morgan fingerprint density at radius 2 is 1.77 bits per heavy atom. The monoisotopic (exact) mass is 506 g/mol. The molecule has 0 aromatic carbocycles. The SMILES string of the molecule is CC1=C(CC[C@@H](C)O)C(C)(C)C[C@@H](O[C@@H]2O[C@H](CO[C@@H]3OC[C@](O)(CO)[C@H]3O)[C@@H](O)[C@H](O)[C@H]2O)C1. The first-order chi connectivity index (χ1) is 16.3. The first kappa shape index (κ1) is 28.9. The fourth-order valence-electron chi connectivity index (χ4n) is 5.29. The van der Waals surface area contributed by atoms with Gasteiger partial charge in [0.05, 0.1) is 32.0 Å². The standard InChI is InChI=1S/C24H42O11/c1-12-7-14(8-23(3,4)15(12)6-5-13(2)26)34-21-19(29)18(28)17(27)16(35-21)9-32-22-20(30)24(31,10-25)11-33-22/h13-14,16-22,25-31H,5-11H2,1-4H3/t13-,14+,16-,17-,18+,19-,20+,21-,22-,24-/m1/s1. The molecule has 2 aliphatic heterocycles. The molecule has 204 valence electrons. The molecule has 0 aromatic rings. The Morgan fingerprint density at radius 1 is 1.09 bits per heavy atom. The van der Waals surface area contributed by atoms with E-state index in [9.17, 15) is 35.7 Å². The minimum Gasteiger partial charge on any atom is -0.393 e. The Hall–Kier alpha value is -0.700. The summed E-state index contributed by atoms with van der Waals surface area (Å²) in [5.74, 6) is 0. The average molecular weight is 507 g/mol. The van der Waals surface area contributed by atoms with Crippen LogP contribution in [-0.4, -0.2) is 116 Å². The minimum absolute atomic E-state index is 0.193. The van der Waals surface area contributed by atoms with Gasteiger partial charge in [-0.2, -0.15) is 0 Å². The van der Waals surface area contributed by atoms with E-state index < -0.39 is 55.3 Å². The number of hydrogen-bond acceptors (Lipinski definition) is 11. The van der Waals surface area contributed by atoms with Gasteiger partial charge in [0.1, 0.15) is 36.1 Å². The topological polar surface area (TPSA) is 179 Å². The quantitative estimate of drug-likeness (QED) is 0.189. The molecule has 3 aliphatic rings. The lowest BCUT2D eigenvalue weighted by Gasteiger charge is -2.44. The highest BCUT2D eigenvalue weighted by molar-refractivity contribution is 5.24. The molecule has 11 nitrogen and oxygen atoms in total. The third-order valence-electron chi connectivity index (χ3n) is 7.42. The lowest BCUT2D eigenvalue weighted by Crippen LogP contribution is -2.60. The van der Waals surface area contributed by atoms with Crippen molar-refractivity contribution in [1.29, 1.82) is 0 Å². The fourth-order valence-corrected chi connectivity index (χ4v) is 5.29. The maximum atomic E-state index is 10.5. The van der Waals surface area contributed by atoms with Gasteiger partial charge < -0.3 is 54.7 Å². The largest absolute Gasteiger partial charge is 0.393 e. The van der Waals surface area contributed by atoms with E-state index in [1.54, 1.807) is 6.92 Å². The number of hydrogen-bond donors (Lipinski definition) is 7. The Kier molecular flexibility index (Phi) is 9.37. The molecular weight excluding hydrogens is 464 g/mol. The second-order valence-electron chi connectivity index (χ2n) is 10.9. The van der Waals surface area contributed by atoms with Crippen molar-refractivity contribution in [1.82, 2.24) is 0 Å². The number of ether oxygens (including phenoxy) is 4. The summed E-state index contributed by atoms with van der Waals surface area (Å²) in [6, 6.07) is 0. The maximum Gasteiger partial charge on any atom is 0.186 e. The van der Waals surface area contributed by atoms with Crippen LogP contribution in [0.2, 0.25) is 0 Å². The zero-order valence-corrected chi connectivity index (χ0v) is 20.9. The van der Waals surface area contributed by atoms with Gasteiger partial charge in [0.25, 0.3) is 0 Å². The molecule has 0 saturated carbocycles. The molecule has 0 spiro atoms. The normalized spacial score (nSPS) is 42.9. The van der Waals surface area contributed by atoms with Crippen molar-refractivity contribution in [3.8, 4) is 0 Å². The second-order valence-corrected chi connectivity index (χ2v) is 10.9. The predicted octanol–water partition coefficient (Wildman–Crippen LogP) is -1.07. The van der Waals surface area contributed by atoms with Crippen LogP contribution < -0.4 is 0 Å². The molecule has 0 unspecified atom stereocenters. The van der Waals surface area contributed by atoms with E-state index in [2.05, 4.69) is 13.8 Å². The summed E-state index contributed by atoms with van der Waals surface area (Å²) in [7, 11) is 0. The van der Waals surface area contributed by atoms with Crippen molar-refractivity contribution in [3.63, 3.8) is 0 Å². The molecule has 3 rings (SSSR count). The van der Waals surface area contributed by atoms with Gasteiger partial charge in [-0.05, 0) is 44.9 Å². The van der Waals surface area contributed by atoms with E-state index in [1.165, 1.54) is 5.57 Å². The summed E-state index contributed by atoms with van der Waals surface area (Å²) < 4.78 is 22.5. The van der Waals surface area contributed by atoms with Crippen LogP contribution in [0.1, 0.15) is 53.4 Å². The van der Waals surface area contributed by atoms with Crippen LogP contribution in [0.5, 0.6) is 0 Å². The van der Waals surface area contributed by atoms with Crippen LogP contribution in [0, 0.1) is 5.41 Å². The van der Waals surface area contributed by atoms with Gasteiger partial charge in [-0.3, -0.25) is 0 Å². The molecule has 2 fully saturated rings. The summed E-state index contributed by atoms with van der Waals surface area (Å²) in [6.45, 7) is 6.64. The van der Waals surface area contributed by atoms with Crippen molar-refractivity contribution < 1.29 is 54.7 Å². The number of rotatable bonds is 9. The van der Waals surface area contributed by atoms with E-state index in [4.69, 9.17) is 18.9 Å². The first-order valence-electron chi connectivity index (χ1n) is 12.3. The molecule has 2 heterocycles. The molecular formula is C24H42O11. The summed E-state index contributed by atoms with van der Waals surface area (Å²) >= 11 is 0. The summed E-state index contributed by atoms with van der Waals surface area (Å²) in [5, 5.41) is 70.4. The smallest absolute Gasteiger partial charge is 0.186 e. The Morgan fingerprint density at radius 3 is 2.34 bits per heavy atom. The molecule has 35 heavy (non-hydrogen) atoms. The average Bonchev–Trinajstić information content (AvgIpc) is 3.06. The van der Waals surface area contributed by atoms with Gasteiger partial charge >= 0.3 is 0 Å². The Bertz CT molecular complexity index is 741. The van der Waals surface area contributed by atoms with Crippen LogP contribution >= 0.6 is 0 Å². The summed E-state index contributed by atoms with van der Waals surface area (Å²) in [4.78, 5) is 0. The van der Waals surface area contributed by atoms with Gasteiger partial charge in [0, 0.05) is 0 Å². The highest BCUT2D eigenvalue weighted by atomic mass is 16.7. The maximum absolute atomic E-state index is 10.5. The summed E-state index contributed by atoms with van der Waals surface area (Å²) in [6.07, 6.45) is -7.61. The second kappa shape index (κ2) is 11.4. The van der Waals surface area contributed by atoms with Gasteiger partial charge in [-0.15, -0.1) is 0 Å². The Balaban J connectivity index is 1.62. The molecule has 0 aromatic heterocycles. The number of aliphatic hydroxyl groups is 7. The van der Waals surface area contributed by atoms with Crippen LogP contribution in [0.4, 0.5) is 0 Å². The molecule has 0 amide bonds. The van der Waals surface area contributed by atoms with Crippen LogP contribution in [-0.2, 0) is 18.9 Å². The van der Waals surface area contributed by atoms with E-state index >= 15 is 0 Å². The van der Waals surface area contributed by atoms with E-state index in [-0.39, 0.29) is 30.8 Å². The Labute approximate surface area is 205 Å². The van der Waals surface area contributed by atoms with E-state index in [0.717, 1.165) is 12.0 Å². The van der Waals surface area contributed by atoms with Gasteiger partial charge in [-0.25, -0.2) is 0 Å². The van der Waals surface area contributed by atoms with Crippen LogP contribution in [0.25, 0.3) is 0 Å². The van der Waals surface area contributed by atoms with E-state index in [0.29, 0.717) is 19.3 Å². The van der Waals surface area contributed by atoms with Gasteiger partial charge in [0.15, 0.2) is 12.6 Å². The lowest BCUT2D eigenvalue weighted by atomic mass is 9.70. The van der Waals surface area contributed by atoms with Gasteiger partial charge in [0.2, 0.25) is 0 Å². The van der Waals surface area contributed by atoms with Gasteiger partial charge in [-0.1, -0.05) is 25.0 Å². The minimum atomic E-state index is -1.86. The molecule has 2 saturated heterocycles. The predicted molar refractivity (Wildman–Crippen MR) is 122 cm³/mol. The van der Waals surface area contributed by atoms with Crippen molar-refractivity contribution in [2.45, 2.75) is 114 Å². The van der Waals surface area contributed by atoms with Crippen LogP contribution in [0.3, 0.4) is 0 Å². The summed E-state index contributed by atoms with van der Waals surface area (Å²) in [5.41, 5.74) is 0.386. The molecule has 11 heteroatoms. The van der Waals surface area contributed by atoms with Crippen molar-refractivity contribution in [2.24, 2.45) is 5.41 Å². The van der Waals surface area contributed by atoms with Crippen molar-refractivity contribution >= 4 is 0 Å². The van der Waals surface area contributed by atoms with Crippen molar-refractivity contribution in [3.05, 3.63) is 11.1 Å². The third kappa shape index (κ3) is 6.42. The van der Waals surface area contributed by atoms with Crippen molar-refractivity contribution in [2.75, 3.05) is 19.8 Å². The highest BCUT2D eigenvalue weighted by Gasteiger charge is 2.50.